The molecular formula is C16H13N3O2. The number of carbonyl (C=O) groups is 1. The van der Waals surface area contributed by atoms with Crippen molar-refractivity contribution in [1.82, 2.24) is 5.32 Å². The van der Waals surface area contributed by atoms with Crippen molar-refractivity contribution >= 4 is 17.5 Å². The van der Waals surface area contributed by atoms with Crippen LogP contribution in [0.3, 0.4) is 0 Å². The highest BCUT2D eigenvalue weighted by Gasteiger charge is 2.03. The van der Waals surface area contributed by atoms with E-state index in [2.05, 4.69) is 10.3 Å². The van der Waals surface area contributed by atoms with Crippen LogP contribution in [-0.4, -0.2) is 11.8 Å². The Kier molecular flexibility index (Phi) is 4.67. The number of nitrogens with one attached hydrogen (secondary N) is 1. The fraction of sp³-hybridized carbons (Fsp3) is 0.0625. The average molecular weight is 279 g/mol. The number of Topliss-reactive ketones (excluding diaryl/α,β-unsaturated/α-hetero) is 1. The highest BCUT2D eigenvalue weighted by atomic mass is 16.5. The number of carbonyl (C=O) groups excluding carboxylic acids is 1. The second-order valence-corrected chi connectivity index (χ2v) is 4.17. The van der Waals surface area contributed by atoms with E-state index in [-0.39, 0.29) is 11.8 Å². The van der Waals surface area contributed by atoms with E-state index >= 15 is 0 Å². The van der Waals surface area contributed by atoms with Crippen molar-refractivity contribution in [1.29, 1.82) is 5.26 Å². The van der Waals surface area contributed by atoms with Crippen LogP contribution in [0.15, 0.2) is 59.6 Å². The first-order valence-electron chi connectivity index (χ1n) is 6.27. The van der Waals surface area contributed by atoms with Crippen LogP contribution in [0.2, 0.25) is 0 Å². The van der Waals surface area contributed by atoms with Crippen LogP contribution in [0.1, 0.15) is 17.3 Å². The molecule has 0 saturated heterocycles. The first-order valence-corrected chi connectivity index (χ1v) is 6.27. The molecule has 0 fully saturated rings. The summed E-state index contributed by atoms with van der Waals surface area (Å²) in [6, 6.07) is 15.8. The molecule has 0 atom stereocenters. The van der Waals surface area contributed by atoms with Crippen molar-refractivity contribution in [3.63, 3.8) is 0 Å². The maximum atomic E-state index is 11.2. The Balaban J connectivity index is 2.21. The van der Waals surface area contributed by atoms with E-state index in [0.29, 0.717) is 17.0 Å². The zero-order valence-corrected chi connectivity index (χ0v) is 11.4. The molecule has 1 N–H and O–H groups in total. The van der Waals surface area contributed by atoms with Gasteiger partial charge in [-0.25, -0.2) is 5.32 Å². The lowest BCUT2D eigenvalue weighted by molar-refractivity contribution is 0.101. The molecule has 0 unspecified atom stereocenters. The van der Waals surface area contributed by atoms with Crippen LogP contribution >= 0.6 is 0 Å². The van der Waals surface area contributed by atoms with Crippen LogP contribution in [0, 0.1) is 11.5 Å². The fourth-order valence-corrected chi connectivity index (χ4v) is 1.61. The number of hydrogen-bond donors (Lipinski definition) is 1. The number of ketones is 1. The van der Waals surface area contributed by atoms with Gasteiger partial charge in [-0.05, 0) is 43.3 Å². The Morgan fingerprint density at radius 3 is 2.38 bits per heavy atom. The SMILES string of the molecule is CC(=O)c1ccc(N=C(NC#N)Oc2ccccc2)cc1. The van der Waals surface area contributed by atoms with Crippen molar-refractivity contribution < 1.29 is 9.53 Å². The van der Waals surface area contributed by atoms with Gasteiger partial charge in [0.25, 0.3) is 0 Å². The van der Waals surface area contributed by atoms with Gasteiger partial charge in [-0.15, -0.1) is 0 Å². The third kappa shape index (κ3) is 4.18. The second-order valence-electron chi connectivity index (χ2n) is 4.17. The van der Waals surface area contributed by atoms with Crippen LogP contribution in [0.4, 0.5) is 5.69 Å². The van der Waals surface area contributed by atoms with Crippen LogP contribution < -0.4 is 10.1 Å². The number of nitriles is 1. The quantitative estimate of drug-likeness (QED) is 0.308. The Hall–Kier alpha value is -3.13. The van der Waals surface area contributed by atoms with Gasteiger partial charge in [-0.3, -0.25) is 4.79 Å². The molecule has 104 valence electrons. The average Bonchev–Trinajstić information content (AvgIpc) is 2.49. The van der Waals surface area contributed by atoms with Crippen molar-refractivity contribution in [2.24, 2.45) is 4.99 Å². The van der Waals surface area contributed by atoms with Gasteiger partial charge in [-0.1, -0.05) is 18.2 Å². The van der Waals surface area contributed by atoms with Crippen LogP contribution in [-0.2, 0) is 0 Å². The third-order valence-electron chi connectivity index (χ3n) is 2.63. The van der Waals surface area contributed by atoms with Crippen LogP contribution in [0.5, 0.6) is 5.75 Å². The van der Waals surface area contributed by atoms with E-state index in [4.69, 9.17) is 10.00 Å². The molecule has 0 amide bonds. The lowest BCUT2D eigenvalue weighted by Crippen LogP contribution is -2.23. The number of aliphatic imine (C=N–C) groups is 1. The number of hydrogen-bond acceptors (Lipinski definition) is 4. The summed E-state index contributed by atoms with van der Waals surface area (Å²) in [6.45, 7) is 1.50. The van der Waals surface area contributed by atoms with E-state index in [1.807, 2.05) is 18.2 Å². The molecule has 2 aromatic carbocycles. The normalized spacial score (nSPS) is 10.6. The molecule has 0 spiro atoms. The molecule has 21 heavy (non-hydrogen) atoms. The Bertz CT molecular complexity index is 686. The van der Waals surface area contributed by atoms with Crippen LogP contribution in [0.25, 0.3) is 0 Å². The summed E-state index contributed by atoms with van der Waals surface area (Å²) in [6.07, 6.45) is 1.78. The van der Waals surface area contributed by atoms with Gasteiger partial charge in [0, 0.05) is 5.56 Å². The van der Waals surface area contributed by atoms with Crippen molar-refractivity contribution in [2.45, 2.75) is 6.92 Å². The smallest absolute Gasteiger partial charge is 0.309 e. The first-order chi connectivity index (χ1) is 10.2. The van der Waals surface area contributed by atoms with Gasteiger partial charge in [0.15, 0.2) is 12.0 Å². The van der Waals surface area contributed by atoms with Gasteiger partial charge < -0.3 is 4.74 Å². The lowest BCUT2D eigenvalue weighted by atomic mass is 10.1. The Morgan fingerprint density at radius 1 is 1.14 bits per heavy atom. The third-order valence-corrected chi connectivity index (χ3v) is 2.63. The van der Waals surface area contributed by atoms with Gasteiger partial charge in [-0.2, -0.15) is 10.3 Å². The molecule has 0 heterocycles. The fourth-order valence-electron chi connectivity index (χ4n) is 1.61. The topological polar surface area (TPSA) is 74.5 Å². The predicted molar refractivity (Wildman–Crippen MR) is 79.4 cm³/mol. The highest BCUT2D eigenvalue weighted by Crippen LogP contribution is 2.15. The van der Waals surface area contributed by atoms with Crippen molar-refractivity contribution in [3.05, 3.63) is 60.2 Å². The summed E-state index contributed by atoms with van der Waals surface area (Å²) in [4.78, 5) is 15.4. The van der Waals surface area contributed by atoms with Gasteiger partial charge in [0.2, 0.25) is 0 Å². The minimum Gasteiger partial charge on any atom is -0.425 e. The summed E-state index contributed by atoms with van der Waals surface area (Å²) in [7, 11) is 0. The highest BCUT2D eigenvalue weighted by molar-refractivity contribution is 5.94. The second kappa shape index (κ2) is 6.87. The predicted octanol–water partition coefficient (Wildman–Crippen LogP) is 3.03. The molecule has 5 nitrogen and oxygen atoms in total. The van der Waals surface area contributed by atoms with E-state index in [0.717, 1.165) is 0 Å². The monoisotopic (exact) mass is 279 g/mol. The number of benzene rings is 2. The van der Waals surface area contributed by atoms with Crippen molar-refractivity contribution in [2.75, 3.05) is 0 Å². The minimum atomic E-state index is -0.0126. The van der Waals surface area contributed by atoms with Crippen molar-refractivity contribution in [3.8, 4) is 11.9 Å². The molecule has 0 saturated carbocycles. The molecule has 2 aromatic rings. The van der Waals surface area contributed by atoms with E-state index in [1.54, 1.807) is 42.6 Å². The van der Waals surface area contributed by atoms with Gasteiger partial charge >= 0.3 is 6.02 Å². The van der Waals surface area contributed by atoms with E-state index in [9.17, 15) is 4.79 Å². The molecule has 2 rings (SSSR count). The molecule has 5 heteroatoms. The number of nitrogens with zero attached hydrogens (tertiary/aromatic N) is 2. The summed E-state index contributed by atoms with van der Waals surface area (Å²) >= 11 is 0. The molecule has 0 bridgehead atoms. The number of ether oxygens (including phenoxy) is 1. The first kappa shape index (κ1) is 14.3. The molecule has 0 aliphatic rings. The number of rotatable bonds is 3. The molecule has 0 aliphatic carbocycles. The molecule has 0 aliphatic heterocycles. The van der Waals surface area contributed by atoms with E-state index < -0.39 is 0 Å². The molecule has 0 aromatic heterocycles. The minimum absolute atomic E-state index is 0.0126. The number of para-hydroxylation sites is 1. The summed E-state index contributed by atoms with van der Waals surface area (Å²) in [5.41, 5.74) is 1.18. The Morgan fingerprint density at radius 2 is 1.81 bits per heavy atom. The maximum Gasteiger partial charge on any atom is 0.309 e. The lowest BCUT2D eigenvalue weighted by Gasteiger charge is -2.06. The zero-order valence-electron chi connectivity index (χ0n) is 11.4. The summed E-state index contributed by atoms with van der Waals surface area (Å²) in [5, 5.41) is 11.1. The van der Waals surface area contributed by atoms with Gasteiger partial charge in [0.05, 0.1) is 5.69 Å². The number of amidine groups is 1. The maximum absolute atomic E-state index is 11.2. The standard InChI is InChI=1S/C16H13N3O2/c1-12(20)13-7-9-14(10-8-13)19-16(18-11-17)21-15-5-3-2-4-6-15/h2-10H,1H3,(H,18,19). The summed E-state index contributed by atoms with van der Waals surface area (Å²) < 4.78 is 5.49. The Labute approximate surface area is 122 Å². The molecular weight excluding hydrogens is 266 g/mol. The zero-order chi connectivity index (χ0) is 15.1. The molecule has 0 radical (unpaired) electrons. The van der Waals surface area contributed by atoms with Gasteiger partial charge in [0.1, 0.15) is 5.75 Å². The summed E-state index contributed by atoms with van der Waals surface area (Å²) in [5.74, 6) is 0.556. The largest absolute Gasteiger partial charge is 0.425 e. The van der Waals surface area contributed by atoms with E-state index in [1.165, 1.54) is 6.92 Å².